The molecule has 0 unspecified atom stereocenters. The topological polar surface area (TPSA) is 32.6 Å². The van der Waals surface area contributed by atoms with Crippen LogP contribution in [0.5, 0.6) is 0 Å². The van der Waals surface area contributed by atoms with Gasteiger partial charge in [0.25, 0.3) is 0 Å². The average molecular weight is 1100 g/mol. The van der Waals surface area contributed by atoms with Gasteiger partial charge in [0, 0.05) is 27.1 Å². The van der Waals surface area contributed by atoms with Crippen molar-refractivity contribution in [1.29, 1.82) is 5.26 Å². The molecule has 2 bridgehead atoms. The van der Waals surface area contributed by atoms with Gasteiger partial charge in [0.05, 0.1) is 34.7 Å². The predicted octanol–water partition coefficient (Wildman–Crippen LogP) is 22.2. The van der Waals surface area contributed by atoms with E-state index in [1.807, 2.05) is 0 Å². The minimum atomic E-state index is -0.843. The molecule has 3 heteroatoms. The molecule has 86 heavy (non-hydrogen) atoms. The van der Waals surface area contributed by atoms with E-state index in [4.69, 9.17) is 4.85 Å². The van der Waals surface area contributed by atoms with Gasteiger partial charge < -0.3 is 4.40 Å². The van der Waals surface area contributed by atoms with Gasteiger partial charge >= 0.3 is 0 Å². The Morgan fingerprint density at radius 3 is 1.48 bits per heavy atom. The molecule has 0 saturated heterocycles. The number of benzene rings is 12. The zero-order valence-electron chi connectivity index (χ0n) is 47.6. The van der Waals surface area contributed by atoms with Crippen molar-refractivity contribution in [1.82, 2.24) is 4.40 Å². The minimum Gasteiger partial charge on any atom is -0.309 e. The van der Waals surface area contributed by atoms with E-state index in [-0.39, 0.29) is 5.92 Å². The third kappa shape index (κ3) is 7.19. The maximum Gasteiger partial charge on any atom is 0.194 e. The molecule has 0 fully saturated rings. The van der Waals surface area contributed by atoms with Gasteiger partial charge in [0.1, 0.15) is 0 Å². The Balaban J connectivity index is 1.18. The first kappa shape index (κ1) is 50.0. The molecule has 0 saturated carbocycles. The fourth-order valence-corrected chi connectivity index (χ4v) is 16.5. The molecule has 2 heterocycles. The lowest BCUT2D eigenvalue weighted by molar-refractivity contribution is 0.452. The summed E-state index contributed by atoms with van der Waals surface area (Å²) in [5.41, 5.74) is 26.7. The number of hydrogen-bond donors (Lipinski definition) is 0. The summed E-state index contributed by atoms with van der Waals surface area (Å²) in [7, 11) is 0. The molecule has 0 radical (unpaired) electrons. The van der Waals surface area contributed by atoms with E-state index < -0.39 is 5.41 Å². The summed E-state index contributed by atoms with van der Waals surface area (Å²) in [6, 6.07) is 98.5. The van der Waals surface area contributed by atoms with Crippen LogP contribution >= 0.6 is 0 Å². The molecule has 3 aliphatic rings. The van der Waals surface area contributed by atoms with Crippen molar-refractivity contribution in [3.05, 3.63) is 311 Å². The normalized spacial score (nSPS) is 15.7. The second kappa shape index (κ2) is 19.8. The average Bonchev–Trinajstić information content (AvgIpc) is 1.52. The Kier molecular flexibility index (Phi) is 11.5. The highest BCUT2D eigenvalue weighted by Crippen LogP contribution is 2.64. The predicted molar refractivity (Wildman–Crippen MR) is 355 cm³/mol. The molecule has 14 aromatic rings. The largest absolute Gasteiger partial charge is 0.309 e. The third-order valence-electron chi connectivity index (χ3n) is 19.8. The first-order valence-corrected chi connectivity index (χ1v) is 30.6. The Morgan fingerprint density at radius 1 is 0.395 bits per heavy atom. The quantitative estimate of drug-likeness (QED) is 0.140. The number of fused-ring (bicyclic) bond motifs is 10. The van der Waals surface area contributed by atoms with Crippen molar-refractivity contribution in [2.24, 2.45) is 0 Å². The third-order valence-corrected chi connectivity index (χ3v) is 19.8. The van der Waals surface area contributed by atoms with Gasteiger partial charge in [-0.25, -0.2) is 4.85 Å². The maximum absolute atomic E-state index is 11.7. The lowest BCUT2D eigenvalue weighted by Crippen LogP contribution is -2.28. The van der Waals surface area contributed by atoms with Crippen LogP contribution in [-0.2, 0) is 5.41 Å². The van der Waals surface area contributed by atoms with Crippen LogP contribution in [0.1, 0.15) is 89.3 Å². The van der Waals surface area contributed by atoms with Gasteiger partial charge in [-0.05, 0) is 173 Å². The molecule has 0 aliphatic heterocycles. The van der Waals surface area contributed by atoms with Crippen molar-refractivity contribution < 1.29 is 0 Å². The van der Waals surface area contributed by atoms with E-state index in [1.165, 1.54) is 21.9 Å². The van der Waals surface area contributed by atoms with E-state index in [9.17, 15) is 11.8 Å². The van der Waals surface area contributed by atoms with E-state index in [1.54, 1.807) is 0 Å². The van der Waals surface area contributed by atoms with Crippen molar-refractivity contribution in [3.63, 3.8) is 0 Å². The van der Waals surface area contributed by atoms with Gasteiger partial charge in [-0.15, -0.1) is 0 Å². The Bertz CT molecular complexity index is 5000. The summed E-state index contributed by atoms with van der Waals surface area (Å²) >= 11 is 0. The van der Waals surface area contributed by atoms with Crippen LogP contribution in [-0.4, -0.2) is 4.40 Å². The number of aromatic nitrogens is 1. The second-order valence-electron chi connectivity index (χ2n) is 24.1. The molecule has 0 spiro atoms. The van der Waals surface area contributed by atoms with Gasteiger partial charge in [0.2, 0.25) is 0 Å². The molecule has 2 aromatic heterocycles. The number of hydrogen-bond acceptors (Lipinski definition) is 1. The van der Waals surface area contributed by atoms with Crippen LogP contribution in [0.25, 0.3) is 121 Å². The number of nitrogens with zero attached hydrogens (tertiary/aromatic N) is 3. The molecule has 0 atom stereocenters. The smallest absolute Gasteiger partial charge is 0.194 e. The van der Waals surface area contributed by atoms with Crippen LogP contribution in [0.3, 0.4) is 0 Å². The maximum atomic E-state index is 11.7. The summed E-state index contributed by atoms with van der Waals surface area (Å²) in [4.78, 5) is 4.72. The lowest BCUT2D eigenvalue weighted by atomic mass is 9.67. The standard InChI is InChI=1S/C83H57N3/c1-85-70-50-72-80(76-65-41-20-21-44-69(65)83(81(70)76,60-37-16-6-17-38-60)61-39-18-7-19-40-61)78-68(75-63(54-29-12-4-13-30-54)42-24-43-64(75)55-31-14-5-15-32-55)49-67(66-47-58(52-25-8-2-9-26-52)45-46-62(66)53-27-10-3-11-28-53)77-79-71(86(72)82(77)78)48-59(51-84)73-56-33-22-35-57(74(73)79)36-23-34-56/h2-21,24-32,37-50,56-57H,22-23,33-36H2. The van der Waals surface area contributed by atoms with Crippen molar-refractivity contribution in [2.75, 3.05) is 0 Å². The van der Waals surface area contributed by atoms with Crippen molar-refractivity contribution >= 4 is 43.8 Å². The Labute approximate surface area is 501 Å². The van der Waals surface area contributed by atoms with Crippen LogP contribution in [0, 0.1) is 17.9 Å². The molecular weight excluding hydrogens is 1040 g/mol. The highest BCUT2D eigenvalue weighted by Gasteiger charge is 2.49. The summed E-state index contributed by atoms with van der Waals surface area (Å²) in [6.07, 6.45) is 6.64. The molecule has 0 N–H and O–H groups in total. The van der Waals surface area contributed by atoms with E-state index in [0.29, 0.717) is 11.6 Å². The van der Waals surface area contributed by atoms with Crippen molar-refractivity contribution in [2.45, 2.75) is 55.8 Å². The summed E-state index contributed by atoms with van der Waals surface area (Å²) in [5.74, 6) is 0.593. The Morgan fingerprint density at radius 2 is 0.895 bits per heavy atom. The van der Waals surface area contributed by atoms with E-state index >= 15 is 0 Å². The van der Waals surface area contributed by atoms with Gasteiger partial charge in [-0.3, -0.25) is 0 Å². The minimum absolute atomic E-state index is 0.290. The molecule has 3 nitrogen and oxygen atoms in total. The SMILES string of the molecule is [C-]#[N+]c1cc2c(c3c1C(c1ccccc1)(c1ccccc1)c1ccccc1-3)c1c(-c3c(-c4ccccc4)cccc3-c3ccccc3)cc(-c3cc(-c4ccccc4)ccc3-c3ccccc3)c3c4c5c(c(C#N)cc4n2c13)C1CCCC5CCC1. The fraction of sp³-hybridized carbons (Fsp3) is 0.108. The first-order chi connectivity index (χ1) is 42.6. The summed E-state index contributed by atoms with van der Waals surface area (Å²) < 4.78 is 2.55. The second-order valence-corrected chi connectivity index (χ2v) is 24.1. The monoisotopic (exact) mass is 1100 g/mol. The lowest BCUT2D eigenvalue weighted by Gasteiger charge is -2.34. The molecule has 0 amide bonds. The van der Waals surface area contributed by atoms with Crippen LogP contribution < -0.4 is 0 Å². The zero-order chi connectivity index (χ0) is 57.0. The van der Waals surface area contributed by atoms with E-state index in [2.05, 4.69) is 271 Å². The fourth-order valence-electron chi connectivity index (χ4n) is 16.5. The molecule has 17 rings (SSSR count). The molecular formula is C83H57N3. The van der Waals surface area contributed by atoms with Crippen LogP contribution in [0.4, 0.5) is 5.69 Å². The highest BCUT2D eigenvalue weighted by atomic mass is 14.9. The van der Waals surface area contributed by atoms with Crippen LogP contribution in [0.2, 0.25) is 0 Å². The summed E-state index contributed by atoms with van der Waals surface area (Å²) in [6.45, 7) is 9.55. The molecule has 404 valence electrons. The zero-order valence-corrected chi connectivity index (χ0v) is 47.6. The first-order valence-electron chi connectivity index (χ1n) is 30.6. The van der Waals surface area contributed by atoms with Gasteiger partial charge in [-0.1, -0.05) is 249 Å². The molecule has 3 aliphatic carbocycles. The number of nitriles is 1. The molecule has 12 aromatic carbocycles. The van der Waals surface area contributed by atoms with Crippen molar-refractivity contribution in [3.8, 4) is 84.0 Å². The highest BCUT2D eigenvalue weighted by molar-refractivity contribution is 6.35. The van der Waals surface area contributed by atoms with Crippen LogP contribution in [0.15, 0.2) is 261 Å². The van der Waals surface area contributed by atoms with Gasteiger partial charge in [-0.2, -0.15) is 5.26 Å². The Hall–Kier alpha value is -10.6. The number of rotatable bonds is 8. The summed E-state index contributed by atoms with van der Waals surface area (Å²) in [5, 5.41) is 16.5. The van der Waals surface area contributed by atoms with E-state index in [0.717, 1.165) is 172 Å². The van der Waals surface area contributed by atoms with Gasteiger partial charge in [0.15, 0.2) is 5.69 Å².